The number of aryl methyl sites for hydroxylation is 1. The summed E-state index contributed by atoms with van der Waals surface area (Å²) in [5.74, 6) is 0. The summed E-state index contributed by atoms with van der Waals surface area (Å²) in [5.41, 5.74) is 1.37. The number of sulfonamides is 2. The van der Waals surface area contributed by atoms with Gasteiger partial charge < -0.3 is 0 Å². The highest BCUT2D eigenvalue weighted by molar-refractivity contribution is 7.93. The van der Waals surface area contributed by atoms with Crippen LogP contribution >= 0.6 is 34.8 Å². The average Bonchev–Trinajstić information content (AvgIpc) is 2.66. The Kier molecular flexibility index (Phi) is 6.54. The van der Waals surface area contributed by atoms with Gasteiger partial charge in [-0.25, -0.2) is 16.8 Å². The van der Waals surface area contributed by atoms with E-state index in [2.05, 4.69) is 9.44 Å². The molecule has 0 fully saturated rings. The lowest BCUT2D eigenvalue weighted by molar-refractivity contribution is 0.600. The zero-order valence-corrected chi connectivity index (χ0v) is 19.3. The predicted octanol–water partition coefficient (Wildman–Crippen LogP) is 5.56. The third kappa shape index (κ3) is 5.01. The molecule has 0 saturated carbocycles. The molecule has 3 aromatic rings. The lowest BCUT2D eigenvalue weighted by atomic mass is 10.2. The van der Waals surface area contributed by atoms with Crippen LogP contribution in [0.1, 0.15) is 5.56 Å². The summed E-state index contributed by atoms with van der Waals surface area (Å²) in [4.78, 5) is -0.280. The van der Waals surface area contributed by atoms with E-state index in [0.29, 0.717) is 5.69 Å². The van der Waals surface area contributed by atoms with Crippen molar-refractivity contribution >= 4 is 66.2 Å². The topological polar surface area (TPSA) is 92.3 Å². The molecule has 2 N–H and O–H groups in total. The van der Waals surface area contributed by atoms with Gasteiger partial charge in [-0.05, 0) is 55.0 Å². The van der Waals surface area contributed by atoms with E-state index in [0.717, 1.165) is 11.6 Å². The van der Waals surface area contributed by atoms with Crippen LogP contribution in [0.3, 0.4) is 0 Å². The maximum atomic E-state index is 12.6. The Bertz CT molecular complexity index is 1310. The molecule has 0 bridgehead atoms. The van der Waals surface area contributed by atoms with Gasteiger partial charge in [-0.1, -0.05) is 53.0 Å². The van der Waals surface area contributed by atoms with E-state index >= 15 is 0 Å². The molecule has 0 aliphatic heterocycles. The van der Waals surface area contributed by atoms with E-state index in [1.807, 2.05) is 0 Å². The van der Waals surface area contributed by atoms with Gasteiger partial charge in [0.25, 0.3) is 20.0 Å². The highest BCUT2D eigenvalue weighted by atomic mass is 35.5. The summed E-state index contributed by atoms with van der Waals surface area (Å²) >= 11 is 17.7. The molecule has 3 aromatic carbocycles. The summed E-state index contributed by atoms with van der Waals surface area (Å²) in [6.45, 7) is 1.78. The number of rotatable bonds is 6. The third-order valence-electron chi connectivity index (χ3n) is 4.07. The molecule has 0 radical (unpaired) electrons. The number of para-hydroxylation sites is 1. The second kappa shape index (κ2) is 8.64. The monoisotopic (exact) mass is 504 g/mol. The Morgan fingerprint density at radius 3 is 1.93 bits per heavy atom. The van der Waals surface area contributed by atoms with Crippen molar-refractivity contribution in [1.29, 1.82) is 0 Å². The minimum Gasteiger partial charge on any atom is -0.280 e. The van der Waals surface area contributed by atoms with Gasteiger partial charge in [0.05, 0.1) is 25.7 Å². The molecule has 0 atom stereocenters. The number of hydrogen-bond acceptors (Lipinski definition) is 4. The van der Waals surface area contributed by atoms with Crippen molar-refractivity contribution in [2.24, 2.45) is 0 Å². The van der Waals surface area contributed by atoms with E-state index in [1.165, 1.54) is 30.3 Å². The summed E-state index contributed by atoms with van der Waals surface area (Å²) in [5, 5.41) is 0.0556. The molecule has 0 amide bonds. The average molecular weight is 506 g/mol. The molecule has 158 valence electrons. The fourth-order valence-electron chi connectivity index (χ4n) is 2.51. The van der Waals surface area contributed by atoms with Crippen molar-refractivity contribution < 1.29 is 16.8 Å². The first-order valence-corrected chi connectivity index (χ1v) is 12.5. The van der Waals surface area contributed by atoms with Crippen LogP contribution in [-0.2, 0) is 20.0 Å². The van der Waals surface area contributed by atoms with Crippen LogP contribution in [0.25, 0.3) is 0 Å². The van der Waals surface area contributed by atoms with Gasteiger partial charge >= 0.3 is 0 Å². The first-order valence-electron chi connectivity index (χ1n) is 8.35. The van der Waals surface area contributed by atoms with Gasteiger partial charge in [-0.15, -0.1) is 0 Å². The molecule has 3 rings (SSSR count). The Morgan fingerprint density at radius 2 is 1.30 bits per heavy atom. The Labute approximate surface area is 189 Å². The zero-order chi connectivity index (χ0) is 22.1. The number of halogens is 3. The summed E-state index contributed by atoms with van der Waals surface area (Å²) in [6.07, 6.45) is 0. The van der Waals surface area contributed by atoms with Gasteiger partial charge in [-0.2, -0.15) is 0 Å². The smallest absolute Gasteiger partial charge is 0.263 e. The van der Waals surface area contributed by atoms with Gasteiger partial charge in [0.15, 0.2) is 0 Å². The largest absolute Gasteiger partial charge is 0.280 e. The molecule has 30 heavy (non-hydrogen) atoms. The number of nitrogens with one attached hydrogen (secondary N) is 2. The summed E-state index contributed by atoms with van der Waals surface area (Å²) in [6, 6.07) is 14.5. The predicted molar refractivity (Wildman–Crippen MR) is 121 cm³/mol. The van der Waals surface area contributed by atoms with E-state index in [1.54, 1.807) is 31.2 Å². The maximum absolute atomic E-state index is 12.6. The normalized spacial score (nSPS) is 11.9. The first-order chi connectivity index (χ1) is 14.0. The second-order valence-electron chi connectivity index (χ2n) is 6.25. The molecule has 0 unspecified atom stereocenters. The lowest BCUT2D eigenvalue weighted by Gasteiger charge is -2.12. The quantitative estimate of drug-likeness (QED) is 0.429. The summed E-state index contributed by atoms with van der Waals surface area (Å²) < 4.78 is 55.3. The van der Waals surface area contributed by atoms with Crippen LogP contribution < -0.4 is 9.44 Å². The minimum atomic E-state index is -4.08. The Balaban J connectivity index is 1.84. The highest BCUT2D eigenvalue weighted by Crippen LogP contribution is 2.32. The van der Waals surface area contributed by atoms with E-state index in [4.69, 9.17) is 34.8 Å². The molecule has 0 heterocycles. The van der Waals surface area contributed by atoms with Crippen molar-refractivity contribution in [1.82, 2.24) is 0 Å². The Hall–Kier alpha value is -1.97. The fourth-order valence-corrected chi connectivity index (χ4v) is 5.71. The fraction of sp³-hybridized carbons (Fsp3) is 0.0526. The van der Waals surface area contributed by atoms with Gasteiger partial charge in [0.1, 0.15) is 4.90 Å². The third-order valence-corrected chi connectivity index (χ3v) is 8.02. The molecular formula is C19H15Cl3N2O4S2. The van der Waals surface area contributed by atoms with Crippen LogP contribution in [0.15, 0.2) is 70.5 Å². The van der Waals surface area contributed by atoms with Crippen LogP contribution in [0.5, 0.6) is 0 Å². The molecule has 0 aliphatic rings. The SMILES string of the molecule is Cc1ccccc1NS(=O)(=O)c1ccc(NS(=O)(=O)c2cc(Cl)c(Cl)cc2Cl)cc1. The van der Waals surface area contributed by atoms with E-state index in [-0.39, 0.29) is 30.5 Å². The number of hydrogen-bond donors (Lipinski definition) is 2. The minimum absolute atomic E-state index is 0.0266. The van der Waals surface area contributed by atoms with Crippen LogP contribution in [0.2, 0.25) is 15.1 Å². The van der Waals surface area contributed by atoms with Crippen LogP contribution in [0.4, 0.5) is 11.4 Å². The zero-order valence-electron chi connectivity index (χ0n) is 15.4. The van der Waals surface area contributed by atoms with Crippen molar-refractivity contribution in [3.8, 4) is 0 Å². The van der Waals surface area contributed by atoms with Crippen molar-refractivity contribution in [2.45, 2.75) is 16.7 Å². The van der Waals surface area contributed by atoms with Crippen molar-refractivity contribution in [3.05, 3.63) is 81.3 Å². The number of benzene rings is 3. The van der Waals surface area contributed by atoms with Crippen LogP contribution in [-0.4, -0.2) is 16.8 Å². The highest BCUT2D eigenvalue weighted by Gasteiger charge is 2.21. The molecule has 6 nitrogen and oxygen atoms in total. The molecular weight excluding hydrogens is 491 g/mol. The second-order valence-corrected chi connectivity index (χ2v) is 10.8. The van der Waals surface area contributed by atoms with Gasteiger partial charge in [-0.3, -0.25) is 9.44 Å². The molecule has 0 saturated heterocycles. The Morgan fingerprint density at radius 1 is 0.700 bits per heavy atom. The van der Waals surface area contributed by atoms with Gasteiger partial charge in [0.2, 0.25) is 0 Å². The molecule has 0 aliphatic carbocycles. The molecule has 0 spiro atoms. The van der Waals surface area contributed by atoms with Crippen LogP contribution in [0, 0.1) is 6.92 Å². The van der Waals surface area contributed by atoms with Gasteiger partial charge in [0, 0.05) is 5.69 Å². The van der Waals surface area contributed by atoms with E-state index in [9.17, 15) is 16.8 Å². The first kappa shape index (κ1) is 22.7. The maximum Gasteiger partial charge on any atom is 0.263 e. The molecule has 11 heteroatoms. The van der Waals surface area contributed by atoms with Crippen molar-refractivity contribution in [3.63, 3.8) is 0 Å². The molecule has 0 aromatic heterocycles. The standard InChI is InChI=1S/C19H15Cl3N2O4S2/c1-12-4-2-3-5-18(12)24-29(25,26)14-8-6-13(7-9-14)23-30(27,28)19-11-16(21)15(20)10-17(19)22/h2-11,23-24H,1H3. The number of anilines is 2. The van der Waals surface area contributed by atoms with E-state index < -0.39 is 20.0 Å². The summed E-state index contributed by atoms with van der Waals surface area (Å²) in [7, 11) is -7.92. The van der Waals surface area contributed by atoms with Crippen molar-refractivity contribution in [2.75, 3.05) is 9.44 Å². The lowest BCUT2D eigenvalue weighted by Crippen LogP contribution is -2.15.